The number of fused-ring (bicyclic) bond motifs is 2. The number of rotatable bonds is 4. The number of amides is 3. The predicted molar refractivity (Wildman–Crippen MR) is 115 cm³/mol. The standard InChI is InChI=1S/C23H15N3O3S/c27-20(13-26-22(28)16-5-1-2-6-17(16)23(26)29)24-15-11-9-14(10-12-15)21-25-18-7-3-4-8-19(18)30-21/h1-12H,13H2,(H,24,27). The molecule has 5 rings (SSSR count). The zero-order valence-corrected chi connectivity index (χ0v) is 16.5. The van der Waals surface area contributed by atoms with Crippen LogP contribution in [0.1, 0.15) is 20.7 Å². The summed E-state index contributed by atoms with van der Waals surface area (Å²) in [4.78, 5) is 42.8. The van der Waals surface area contributed by atoms with Crippen LogP contribution in [0.3, 0.4) is 0 Å². The van der Waals surface area contributed by atoms with Gasteiger partial charge < -0.3 is 5.32 Å². The molecule has 0 unspecified atom stereocenters. The zero-order chi connectivity index (χ0) is 20.7. The van der Waals surface area contributed by atoms with Crippen molar-refractivity contribution in [3.63, 3.8) is 0 Å². The molecule has 3 amide bonds. The van der Waals surface area contributed by atoms with Gasteiger partial charge in [0.25, 0.3) is 11.8 Å². The summed E-state index contributed by atoms with van der Waals surface area (Å²) in [5.74, 6) is -1.33. The average molecular weight is 413 g/mol. The zero-order valence-electron chi connectivity index (χ0n) is 15.7. The van der Waals surface area contributed by atoms with Crippen LogP contribution in [0, 0.1) is 0 Å². The molecule has 1 aromatic heterocycles. The van der Waals surface area contributed by atoms with Crippen LogP contribution in [0.2, 0.25) is 0 Å². The van der Waals surface area contributed by atoms with Crippen molar-refractivity contribution < 1.29 is 14.4 Å². The fourth-order valence-electron chi connectivity index (χ4n) is 3.42. The van der Waals surface area contributed by atoms with E-state index in [0.717, 1.165) is 25.7 Å². The van der Waals surface area contributed by atoms with E-state index < -0.39 is 17.7 Å². The summed E-state index contributed by atoms with van der Waals surface area (Å²) in [6.45, 7) is -0.327. The minimum Gasteiger partial charge on any atom is -0.325 e. The van der Waals surface area contributed by atoms with Gasteiger partial charge in [0.15, 0.2) is 0 Å². The van der Waals surface area contributed by atoms with E-state index in [1.54, 1.807) is 47.7 Å². The first kappa shape index (κ1) is 18.2. The number of para-hydroxylation sites is 1. The highest BCUT2D eigenvalue weighted by Gasteiger charge is 2.36. The van der Waals surface area contributed by atoms with Crippen molar-refractivity contribution in [1.82, 2.24) is 9.88 Å². The molecular formula is C23H15N3O3S. The van der Waals surface area contributed by atoms with Crippen LogP contribution in [0.15, 0.2) is 72.8 Å². The van der Waals surface area contributed by atoms with Crippen molar-refractivity contribution in [3.8, 4) is 10.6 Å². The number of imide groups is 1. The molecule has 1 aliphatic rings. The number of nitrogens with zero attached hydrogens (tertiary/aromatic N) is 2. The molecule has 0 bridgehead atoms. The highest BCUT2D eigenvalue weighted by molar-refractivity contribution is 7.21. The van der Waals surface area contributed by atoms with Crippen molar-refractivity contribution in [2.45, 2.75) is 0 Å². The highest BCUT2D eigenvalue weighted by atomic mass is 32.1. The van der Waals surface area contributed by atoms with Gasteiger partial charge in [0.1, 0.15) is 11.6 Å². The maximum atomic E-state index is 12.4. The minimum atomic E-state index is -0.447. The fraction of sp³-hybridized carbons (Fsp3) is 0.0435. The lowest BCUT2D eigenvalue weighted by Gasteiger charge is -2.13. The monoisotopic (exact) mass is 413 g/mol. The second kappa shape index (κ2) is 7.20. The Morgan fingerprint density at radius 1 is 0.867 bits per heavy atom. The third-order valence-electron chi connectivity index (χ3n) is 4.89. The van der Waals surface area contributed by atoms with Gasteiger partial charge in [-0.1, -0.05) is 24.3 Å². The lowest BCUT2D eigenvalue weighted by Crippen LogP contribution is -2.37. The molecular weight excluding hydrogens is 398 g/mol. The highest BCUT2D eigenvalue weighted by Crippen LogP contribution is 2.30. The molecule has 2 heterocycles. The number of thiazole rings is 1. The maximum absolute atomic E-state index is 12.4. The van der Waals surface area contributed by atoms with Crippen LogP contribution in [0.4, 0.5) is 5.69 Å². The van der Waals surface area contributed by atoms with E-state index in [-0.39, 0.29) is 6.54 Å². The van der Waals surface area contributed by atoms with Crippen LogP contribution < -0.4 is 5.32 Å². The Morgan fingerprint density at radius 2 is 1.50 bits per heavy atom. The van der Waals surface area contributed by atoms with Crippen LogP contribution in [-0.2, 0) is 4.79 Å². The summed E-state index contributed by atoms with van der Waals surface area (Å²) in [6, 6.07) is 21.8. The van der Waals surface area contributed by atoms with Gasteiger partial charge in [-0.05, 0) is 48.5 Å². The first-order valence-electron chi connectivity index (χ1n) is 9.31. The molecule has 0 fully saturated rings. The number of benzene rings is 3. The first-order chi connectivity index (χ1) is 14.6. The Labute approximate surface area is 175 Å². The molecule has 4 aromatic rings. The van der Waals surface area contributed by atoms with Crippen LogP contribution >= 0.6 is 11.3 Å². The normalized spacial score (nSPS) is 13.0. The second-order valence-electron chi connectivity index (χ2n) is 6.85. The van der Waals surface area contributed by atoms with Crippen LogP contribution in [0.5, 0.6) is 0 Å². The largest absolute Gasteiger partial charge is 0.325 e. The van der Waals surface area contributed by atoms with Gasteiger partial charge in [-0.3, -0.25) is 19.3 Å². The fourth-order valence-corrected chi connectivity index (χ4v) is 4.39. The number of anilines is 1. The summed E-state index contributed by atoms with van der Waals surface area (Å²) in [7, 11) is 0. The van der Waals surface area contributed by atoms with Gasteiger partial charge >= 0.3 is 0 Å². The minimum absolute atomic E-state index is 0.327. The van der Waals surface area contributed by atoms with E-state index in [0.29, 0.717) is 16.8 Å². The summed E-state index contributed by atoms with van der Waals surface area (Å²) in [5, 5.41) is 3.64. The molecule has 0 atom stereocenters. The molecule has 1 aliphatic heterocycles. The Kier molecular flexibility index (Phi) is 4.37. The predicted octanol–water partition coefficient (Wildman–Crippen LogP) is 4.20. The lowest BCUT2D eigenvalue weighted by atomic mass is 10.1. The number of carbonyl (C=O) groups is 3. The molecule has 3 aromatic carbocycles. The Bertz CT molecular complexity index is 1240. The number of hydrogen-bond acceptors (Lipinski definition) is 5. The van der Waals surface area contributed by atoms with Crippen molar-refractivity contribution in [1.29, 1.82) is 0 Å². The Hall–Kier alpha value is -3.84. The summed E-state index contributed by atoms with van der Waals surface area (Å²) in [6.07, 6.45) is 0. The number of nitrogens with one attached hydrogen (secondary N) is 1. The third kappa shape index (κ3) is 3.15. The van der Waals surface area contributed by atoms with Crippen molar-refractivity contribution in [2.75, 3.05) is 11.9 Å². The summed E-state index contributed by atoms with van der Waals surface area (Å²) >= 11 is 1.61. The molecule has 6 nitrogen and oxygen atoms in total. The smallest absolute Gasteiger partial charge is 0.262 e. The first-order valence-corrected chi connectivity index (χ1v) is 10.1. The third-order valence-corrected chi connectivity index (χ3v) is 5.97. The maximum Gasteiger partial charge on any atom is 0.262 e. The van der Waals surface area contributed by atoms with E-state index in [2.05, 4.69) is 10.3 Å². The van der Waals surface area contributed by atoms with Crippen LogP contribution in [0.25, 0.3) is 20.8 Å². The van der Waals surface area contributed by atoms with Crippen molar-refractivity contribution >= 4 is 45.0 Å². The lowest BCUT2D eigenvalue weighted by molar-refractivity contribution is -0.116. The van der Waals surface area contributed by atoms with Gasteiger partial charge in [-0.2, -0.15) is 0 Å². The van der Waals surface area contributed by atoms with E-state index in [1.165, 1.54) is 0 Å². The van der Waals surface area contributed by atoms with Gasteiger partial charge in [-0.15, -0.1) is 11.3 Å². The average Bonchev–Trinajstić information content (AvgIpc) is 3.30. The topological polar surface area (TPSA) is 79.4 Å². The quantitative estimate of drug-likeness (QED) is 0.509. The molecule has 0 radical (unpaired) electrons. The Morgan fingerprint density at radius 3 is 2.17 bits per heavy atom. The van der Waals surface area contributed by atoms with E-state index in [9.17, 15) is 14.4 Å². The van der Waals surface area contributed by atoms with Gasteiger partial charge in [0, 0.05) is 11.3 Å². The van der Waals surface area contributed by atoms with Gasteiger partial charge in [0.05, 0.1) is 21.3 Å². The van der Waals surface area contributed by atoms with Crippen molar-refractivity contribution in [3.05, 3.63) is 83.9 Å². The van der Waals surface area contributed by atoms with Gasteiger partial charge in [-0.25, -0.2) is 4.98 Å². The Balaban J connectivity index is 1.28. The molecule has 1 N–H and O–H groups in total. The summed E-state index contributed by atoms with van der Waals surface area (Å²) < 4.78 is 1.12. The van der Waals surface area contributed by atoms with E-state index in [4.69, 9.17) is 0 Å². The molecule has 7 heteroatoms. The number of aromatic nitrogens is 1. The molecule has 0 saturated heterocycles. The summed E-state index contributed by atoms with van der Waals surface area (Å²) in [5.41, 5.74) is 3.15. The molecule has 0 saturated carbocycles. The van der Waals surface area contributed by atoms with Gasteiger partial charge in [0.2, 0.25) is 5.91 Å². The molecule has 146 valence electrons. The van der Waals surface area contributed by atoms with E-state index >= 15 is 0 Å². The van der Waals surface area contributed by atoms with Crippen molar-refractivity contribution in [2.24, 2.45) is 0 Å². The molecule has 0 aliphatic carbocycles. The second-order valence-corrected chi connectivity index (χ2v) is 7.88. The van der Waals surface area contributed by atoms with Crippen LogP contribution in [-0.4, -0.2) is 34.2 Å². The number of carbonyl (C=O) groups excluding carboxylic acids is 3. The van der Waals surface area contributed by atoms with E-state index in [1.807, 2.05) is 36.4 Å². The molecule has 0 spiro atoms. The SMILES string of the molecule is O=C(CN1C(=O)c2ccccc2C1=O)Nc1ccc(-c2nc3ccccc3s2)cc1. The molecule has 30 heavy (non-hydrogen) atoms. The number of hydrogen-bond donors (Lipinski definition) is 1.